The van der Waals surface area contributed by atoms with E-state index < -0.39 is 75.4 Å². The summed E-state index contributed by atoms with van der Waals surface area (Å²) in [5.74, 6) is -3.51. The first-order valence-electron chi connectivity index (χ1n) is 15.3. The summed E-state index contributed by atoms with van der Waals surface area (Å²) in [7, 11) is 0. The number of ketones is 2. The van der Waals surface area contributed by atoms with E-state index in [1.165, 1.54) is 6.08 Å². The maximum atomic E-state index is 17.6. The van der Waals surface area contributed by atoms with Crippen molar-refractivity contribution in [2.24, 2.45) is 22.7 Å². The van der Waals surface area contributed by atoms with E-state index in [0.29, 0.717) is 29.5 Å². The molecule has 2 saturated carbocycles. The molecule has 0 spiro atoms. The van der Waals surface area contributed by atoms with E-state index >= 15 is 4.39 Å². The highest BCUT2D eigenvalue weighted by molar-refractivity contribution is 5.94. The number of carbonyl (C=O) groups excluding carboxylic acids is 3. The number of carbonyl (C=O) groups is 3. The van der Waals surface area contributed by atoms with Crippen LogP contribution < -0.4 is 0 Å². The molecule has 0 amide bonds. The summed E-state index contributed by atoms with van der Waals surface area (Å²) in [6.07, 6.45) is 3.18. The molecule has 1 aliphatic heterocycles. The lowest BCUT2D eigenvalue weighted by molar-refractivity contribution is -0.763. The molecule has 0 aromatic heterocycles. The van der Waals surface area contributed by atoms with Crippen molar-refractivity contribution in [3.8, 4) is 0 Å². The fourth-order valence-corrected chi connectivity index (χ4v) is 9.07. The molecule has 1 saturated heterocycles. The molecule has 1 N–H and O–H groups in total. The summed E-state index contributed by atoms with van der Waals surface area (Å²) < 4.78 is 35.8. The monoisotopic (exact) mass is 627 g/mol. The van der Waals surface area contributed by atoms with Gasteiger partial charge in [0.15, 0.2) is 29.4 Å². The molecule has 12 heteroatoms. The Balaban J connectivity index is 1.23. The highest BCUT2D eigenvalue weighted by atomic mass is 19.1. The fourth-order valence-electron chi connectivity index (χ4n) is 9.07. The number of rotatable bonds is 8. The van der Waals surface area contributed by atoms with Crippen LogP contribution in [0.4, 0.5) is 4.39 Å². The molecule has 1 aromatic carbocycles. The lowest BCUT2D eigenvalue weighted by atomic mass is 9.45. The van der Waals surface area contributed by atoms with Gasteiger partial charge in [-0.05, 0) is 63.2 Å². The Bertz CT molecular complexity index is 1500. The number of allylic oxidation sites excluding steroid dienone is 4. The Hall–Kier alpha value is -3.48. The Kier molecular flexibility index (Phi) is 7.37. The summed E-state index contributed by atoms with van der Waals surface area (Å²) >= 11 is 0. The zero-order valence-electron chi connectivity index (χ0n) is 25.7. The maximum Gasteiger partial charge on any atom is 0.310 e. The van der Waals surface area contributed by atoms with Crippen molar-refractivity contribution < 1.29 is 48.0 Å². The smallest absolute Gasteiger partial charge is 0.310 e. The average molecular weight is 628 g/mol. The van der Waals surface area contributed by atoms with Crippen LogP contribution in [0.2, 0.25) is 0 Å². The molecule has 11 nitrogen and oxygen atoms in total. The minimum Gasteiger partial charge on any atom is -0.457 e. The van der Waals surface area contributed by atoms with Gasteiger partial charge in [-0.25, -0.2) is 4.39 Å². The molecule has 1 heterocycles. The van der Waals surface area contributed by atoms with Crippen molar-refractivity contribution in [2.75, 3.05) is 6.61 Å². The summed E-state index contributed by atoms with van der Waals surface area (Å²) in [6.45, 7) is 6.16. The predicted molar refractivity (Wildman–Crippen MR) is 154 cm³/mol. The van der Waals surface area contributed by atoms with E-state index in [4.69, 9.17) is 14.2 Å². The van der Waals surface area contributed by atoms with Gasteiger partial charge in [-0.15, -0.1) is 10.1 Å². The van der Waals surface area contributed by atoms with Gasteiger partial charge in [-0.1, -0.05) is 48.9 Å². The molecular formula is C33H38FNO10. The topological polar surface area (TPSA) is 152 Å². The van der Waals surface area contributed by atoms with Gasteiger partial charge in [-0.2, -0.15) is 0 Å². The average Bonchev–Trinajstić information content (AvgIpc) is 3.38. The van der Waals surface area contributed by atoms with E-state index in [9.17, 15) is 29.6 Å². The van der Waals surface area contributed by atoms with Gasteiger partial charge in [0.2, 0.25) is 5.78 Å². The highest BCUT2D eigenvalue weighted by Gasteiger charge is 2.80. The predicted octanol–water partition coefficient (Wildman–Crippen LogP) is 3.92. The molecule has 0 radical (unpaired) electrons. The van der Waals surface area contributed by atoms with Crippen LogP contribution in [0, 0.1) is 32.8 Å². The minimum atomic E-state index is -2.08. The van der Waals surface area contributed by atoms with Crippen LogP contribution >= 0.6 is 0 Å². The second-order valence-electron chi connectivity index (χ2n) is 13.9. The molecule has 242 valence electrons. The van der Waals surface area contributed by atoms with Gasteiger partial charge in [0.05, 0.1) is 18.6 Å². The Labute approximate surface area is 259 Å². The molecule has 45 heavy (non-hydrogen) atoms. The van der Waals surface area contributed by atoms with Crippen molar-refractivity contribution in [1.29, 1.82) is 0 Å². The van der Waals surface area contributed by atoms with Crippen LogP contribution in [0.5, 0.6) is 0 Å². The second kappa shape index (κ2) is 10.5. The molecule has 5 aliphatic rings. The summed E-state index contributed by atoms with van der Waals surface area (Å²) in [6, 6.07) is 6.42. The third-order valence-corrected chi connectivity index (χ3v) is 11.1. The van der Waals surface area contributed by atoms with Crippen LogP contribution in [0.1, 0.15) is 64.5 Å². The number of ether oxygens (including phenoxy) is 3. The number of nitrogens with zero attached hydrogens (tertiary/aromatic N) is 1. The molecule has 4 aliphatic carbocycles. The van der Waals surface area contributed by atoms with Crippen LogP contribution in [0.3, 0.4) is 0 Å². The summed E-state index contributed by atoms with van der Waals surface area (Å²) in [5, 5.41) is 21.2. The van der Waals surface area contributed by atoms with Crippen LogP contribution in [-0.4, -0.2) is 63.6 Å². The first-order chi connectivity index (χ1) is 21.1. The fraction of sp³-hybridized carbons (Fsp3) is 0.606. The van der Waals surface area contributed by atoms with E-state index in [2.05, 4.69) is 4.84 Å². The third kappa shape index (κ3) is 4.67. The lowest BCUT2D eigenvalue weighted by Crippen LogP contribution is -2.69. The quantitative estimate of drug-likeness (QED) is 0.194. The standard InChI is InChI=1S/C33H38FNO10/c1-29(2)44-27-15-24-23-10-9-21-14-22(36)11-12-30(21,3)32(23,34)25(37)16-31(24,4)33(27,45-29)26(38)18-42-28(39)13-19-5-7-20(8-6-19)17-43-35(40)41/h5-9,11-12,23-25,27,37H,10,13-18H2,1-4H3/t23?,24-,25-,27+,30-,31-,32-,33+/m0/s1. The van der Waals surface area contributed by atoms with Gasteiger partial charge < -0.3 is 24.2 Å². The maximum absolute atomic E-state index is 17.6. The number of hydrogen-bond donors (Lipinski definition) is 1. The molecule has 6 rings (SSSR count). The molecule has 8 atom stereocenters. The Morgan fingerprint density at radius 1 is 1.13 bits per heavy atom. The number of Topliss-reactive ketones (excluding diaryl/α,β-unsaturated/α-hetero) is 1. The zero-order valence-corrected chi connectivity index (χ0v) is 25.7. The van der Waals surface area contributed by atoms with Gasteiger partial charge in [0.1, 0.15) is 6.61 Å². The second-order valence-corrected chi connectivity index (χ2v) is 13.9. The Morgan fingerprint density at radius 3 is 2.51 bits per heavy atom. The summed E-state index contributed by atoms with van der Waals surface area (Å²) in [4.78, 5) is 53.9. The van der Waals surface area contributed by atoms with E-state index in [0.717, 1.165) is 0 Å². The zero-order chi connectivity index (χ0) is 32.6. The van der Waals surface area contributed by atoms with E-state index in [1.807, 2.05) is 13.0 Å². The van der Waals surface area contributed by atoms with Crippen molar-refractivity contribution >= 4 is 17.5 Å². The molecule has 1 aromatic rings. The van der Waals surface area contributed by atoms with Crippen molar-refractivity contribution in [1.82, 2.24) is 0 Å². The van der Waals surface area contributed by atoms with Gasteiger partial charge >= 0.3 is 5.97 Å². The van der Waals surface area contributed by atoms with E-state index in [-0.39, 0.29) is 31.7 Å². The molecule has 3 fully saturated rings. The van der Waals surface area contributed by atoms with Crippen LogP contribution in [0.25, 0.3) is 0 Å². The van der Waals surface area contributed by atoms with Crippen LogP contribution in [0.15, 0.2) is 48.1 Å². The third-order valence-electron chi connectivity index (χ3n) is 11.1. The number of alkyl halides is 1. The number of fused-ring (bicyclic) bond motifs is 7. The number of halogens is 1. The van der Waals surface area contributed by atoms with Crippen molar-refractivity contribution in [3.05, 3.63) is 69.3 Å². The number of aliphatic hydroxyl groups excluding tert-OH is 1. The summed E-state index contributed by atoms with van der Waals surface area (Å²) in [5.41, 5.74) is -4.10. The Morgan fingerprint density at radius 2 is 1.82 bits per heavy atom. The number of benzene rings is 1. The number of aliphatic hydroxyl groups is 1. The first-order valence-corrected chi connectivity index (χ1v) is 15.3. The normalized spacial score (nSPS) is 39.2. The molecule has 0 bridgehead atoms. The van der Waals surface area contributed by atoms with Gasteiger partial charge in [0, 0.05) is 23.2 Å². The number of esters is 1. The van der Waals surface area contributed by atoms with Crippen LogP contribution in [-0.2, 0) is 46.5 Å². The molecule has 1 unspecified atom stereocenters. The minimum absolute atomic E-state index is 0.0859. The van der Waals surface area contributed by atoms with Gasteiger partial charge in [0.25, 0.3) is 5.09 Å². The molecular weight excluding hydrogens is 589 g/mol. The SMILES string of the molecule is CC1(C)O[C@@H]2C[C@H]3C4CC=C5CC(=O)C=C[C@]5(C)[C@@]4(F)[C@@H](O)C[C@]3(C)[C@]2(C(=O)COC(=O)Cc2ccc(CO[N+](=O)[O-])cc2)O1. The van der Waals surface area contributed by atoms with Crippen molar-refractivity contribution in [3.63, 3.8) is 0 Å². The highest BCUT2D eigenvalue weighted by Crippen LogP contribution is 2.71. The number of hydrogen-bond acceptors (Lipinski definition) is 10. The van der Waals surface area contributed by atoms with Crippen molar-refractivity contribution in [2.45, 2.75) is 95.7 Å². The largest absolute Gasteiger partial charge is 0.457 e. The van der Waals surface area contributed by atoms with Gasteiger partial charge in [-0.3, -0.25) is 14.4 Å². The lowest BCUT2D eigenvalue weighted by Gasteiger charge is -2.62. The first kappa shape index (κ1) is 31.5. The van der Waals surface area contributed by atoms with E-state index in [1.54, 1.807) is 51.1 Å².